The van der Waals surface area contributed by atoms with Crippen LogP contribution in [0.25, 0.3) is 16.7 Å². The molecule has 0 N–H and O–H groups in total. The molecule has 0 aliphatic carbocycles. The van der Waals surface area contributed by atoms with E-state index >= 15 is 0 Å². The van der Waals surface area contributed by atoms with E-state index in [-0.39, 0.29) is 0 Å². The minimum absolute atomic E-state index is 0.390. The highest BCUT2D eigenvalue weighted by Crippen LogP contribution is 2.29. The van der Waals surface area contributed by atoms with Crippen LogP contribution in [0.5, 0.6) is 5.88 Å². The van der Waals surface area contributed by atoms with Gasteiger partial charge in [0.2, 0.25) is 0 Å². The molecule has 1 fully saturated rings. The Morgan fingerprint density at radius 2 is 1.96 bits per heavy atom. The number of hydrogen-bond acceptors (Lipinski definition) is 6. The molecule has 1 aromatic carbocycles. The van der Waals surface area contributed by atoms with Crippen LogP contribution >= 0.6 is 0 Å². The Hall–Kier alpha value is -3.00. The molecule has 4 heterocycles. The fourth-order valence-corrected chi connectivity index (χ4v) is 3.48. The number of aromatic nitrogens is 6. The van der Waals surface area contributed by atoms with Gasteiger partial charge in [-0.2, -0.15) is 9.61 Å². The van der Waals surface area contributed by atoms with Gasteiger partial charge in [0.05, 0.1) is 5.69 Å². The Balaban J connectivity index is 1.61. The van der Waals surface area contributed by atoms with Crippen molar-refractivity contribution in [2.45, 2.75) is 32.6 Å². The van der Waals surface area contributed by atoms with Crippen LogP contribution in [0.1, 0.15) is 35.7 Å². The molecule has 0 bridgehead atoms. The molecule has 27 heavy (non-hydrogen) atoms. The molecule has 0 saturated carbocycles. The first-order chi connectivity index (χ1) is 13.2. The summed E-state index contributed by atoms with van der Waals surface area (Å²) in [5.74, 6) is 0.993. The zero-order valence-electron chi connectivity index (χ0n) is 15.3. The number of nitrogens with zero attached hydrogens (tertiary/aromatic N) is 6. The lowest BCUT2D eigenvalue weighted by molar-refractivity contribution is 0.0844. The summed E-state index contributed by atoms with van der Waals surface area (Å²) in [6.45, 7) is 5.51. The highest BCUT2D eigenvalue weighted by molar-refractivity contribution is 5.73. The Labute approximate surface area is 155 Å². The molecule has 0 amide bonds. The lowest BCUT2D eigenvalue weighted by atomic mass is 9.97. The maximum absolute atomic E-state index is 6.14. The van der Waals surface area contributed by atoms with Crippen molar-refractivity contribution in [3.05, 3.63) is 47.3 Å². The van der Waals surface area contributed by atoms with Gasteiger partial charge in [-0.25, -0.2) is 4.98 Å². The van der Waals surface area contributed by atoms with E-state index in [1.165, 1.54) is 4.85 Å². The van der Waals surface area contributed by atoms with Gasteiger partial charge in [-0.05, 0) is 44.0 Å². The van der Waals surface area contributed by atoms with E-state index in [2.05, 4.69) is 21.4 Å². The van der Waals surface area contributed by atoms with Crippen molar-refractivity contribution >= 4 is 16.7 Å². The number of aryl methyl sites for hydroxylation is 1. The Morgan fingerprint density at radius 1 is 1.15 bits per heavy atom. The number of hydrogen-bond donors (Lipinski definition) is 0. The average molecular weight is 364 g/mol. The van der Waals surface area contributed by atoms with Crippen molar-refractivity contribution in [1.29, 1.82) is 0 Å². The molecule has 1 aliphatic heterocycles. The minimum Gasteiger partial charge on any atom is -0.381 e. The number of para-hydroxylation sites is 1. The smallest absolute Gasteiger partial charge is 0.256 e. The predicted molar refractivity (Wildman–Crippen MR) is 98.8 cm³/mol. The standard InChI is InChI=1S/C19H20N6O2/c1-12-13(2)20-18-11-16(14-7-9-26-10-8-14)22-24(18)19(12)27-25-17-6-4-3-5-15(17)21-23-25/h3-6,11,14H,7-10H2,1-2H3. The van der Waals surface area contributed by atoms with Crippen LogP contribution in [0.15, 0.2) is 30.3 Å². The molecule has 0 atom stereocenters. The monoisotopic (exact) mass is 364 g/mol. The van der Waals surface area contributed by atoms with Gasteiger partial charge >= 0.3 is 0 Å². The van der Waals surface area contributed by atoms with Crippen LogP contribution in [0.3, 0.4) is 0 Å². The number of benzene rings is 1. The number of ether oxygens (including phenoxy) is 1. The van der Waals surface area contributed by atoms with Gasteiger partial charge in [0.25, 0.3) is 5.88 Å². The van der Waals surface area contributed by atoms with Gasteiger partial charge in [0.15, 0.2) is 5.65 Å². The van der Waals surface area contributed by atoms with E-state index in [1.807, 2.05) is 38.1 Å². The van der Waals surface area contributed by atoms with E-state index in [9.17, 15) is 0 Å². The SMILES string of the molecule is Cc1nc2cc(C3CCOCC3)nn2c(On2nnc3ccccc32)c1C. The second kappa shape index (κ2) is 6.31. The van der Waals surface area contributed by atoms with Gasteiger partial charge in [0.1, 0.15) is 11.0 Å². The van der Waals surface area contributed by atoms with E-state index in [4.69, 9.17) is 14.7 Å². The Kier molecular flexibility index (Phi) is 3.78. The summed E-state index contributed by atoms with van der Waals surface area (Å²) in [5, 5.41) is 13.1. The zero-order valence-corrected chi connectivity index (χ0v) is 15.3. The van der Waals surface area contributed by atoms with Crippen molar-refractivity contribution in [3.8, 4) is 5.88 Å². The molecule has 8 nitrogen and oxygen atoms in total. The van der Waals surface area contributed by atoms with Crippen molar-refractivity contribution in [1.82, 2.24) is 29.8 Å². The van der Waals surface area contributed by atoms with E-state index in [0.717, 1.165) is 59.7 Å². The molecule has 1 saturated heterocycles. The molecule has 3 aromatic heterocycles. The first-order valence-corrected chi connectivity index (χ1v) is 9.14. The van der Waals surface area contributed by atoms with Gasteiger partial charge in [-0.15, -0.1) is 5.10 Å². The van der Waals surface area contributed by atoms with Gasteiger partial charge in [-0.3, -0.25) is 0 Å². The van der Waals surface area contributed by atoms with Crippen molar-refractivity contribution in [3.63, 3.8) is 0 Å². The summed E-state index contributed by atoms with van der Waals surface area (Å²) in [4.78, 5) is 12.3. The van der Waals surface area contributed by atoms with Crippen molar-refractivity contribution < 1.29 is 9.57 Å². The van der Waals surface area contributed by atoms with Crippen molar-refractivity contribution in [2.24, 2.45) is 0 Å². The van der Waals surface area contributed by atoms with E-state index in [0.29, 0.717) is 11.8 Å². The maximum atomic E-state index is 6.14. The molecule has 5 rings (SSSR count). The van der Waals surface area contributed by atoms with Crippen molar-refractivity contribution in [2.75, 3.05) is 13.2 Å². The summed E-state index contributed by atoms with van der Waals surface area (Å²) in [6, 6.07) is 9.73. The zero-order chi connectivity index (χ0) is 18.4. The molecule has 138 valence electrons. The second-order valence-corrected chi connectivity index (χ2v) is 6.90. The lowest BCUT2D eigenvalue weighted by Gasteiger charge is -2.19. The van der Waals surface area contributed by atoms with Gasteiger partial charge < -0.3 is 9.57 Å². The van der Waals surface area contributed by atoms with Gasteiger partial charge in [0, 0.05) is 36.5 Å². The minimum atomic E-state index is 0.390. The first kappa shape index (κ1) is 16.2. The Bertz CT molecular complexity index is 1130. The summed E-state index contributed by atoms with van der Waals surface area (Å²) in [6.07, 6.45) is 1.96. The third-order valence-electron chi connectivity index (χ3n) is 5.18. The number of fused-ring (bicyclic) bond motifs is 2. The third kappa shape index (κ3) is 2.73. The van der Waals surface area contributed by atoms with Gasteiger partial charge in [-0.1, -0.05) is 17.0 Å². The molecule has 0 unspecified atom stereocenters. The molecular weight excluding hydrogens is 344 g/mol. The van der Waals surface area contributed by atoms with Crippen LogP contribution < -0.4 is 4.84 Å². The van der Waals surface area contributed by atoms with Crippen LogP contribution in [0.4, 0.5) is 0 Å². The van der Waals surface area contributed by atoms with E-state index in [1.54, 1.807) is 4.52 Å². The van der Waals surface area contributed by atoms with Crippen LogP contribution in [0, 0.1) is 13.8 Å². The largest absolute Gasteiger partial charge is 0.381 e. The highest BCUT2D eigenvalue weighted by Gasteiger charge is 2.22. The fraction of sp³-hybridized carbons (Fsp3) is 0.368. The third-order valence-corrected chi connectivity index (χ3v) is 5.18. The van der Waals surface area contributed by atoms with E-state index < -0.39 is 0 Å². The summed E-state index contributed by atoms with van der Waals surface area (Å²) < 4.78 is 7.24. The van der Waals surface area contributed by atoms with Crippen LogP contribution in [0.2, 0.25) is 0 Å². The normalized spacial score (nSPS) is 15.6. The van der Waals surface area contributed by atoms with Crippen LogP contribution in [-0.2, 0) is 4.74 Å². The maximum Gasteiger partial charge on any atom is 0.256 e. The summed E-state index contributed by atoms with van der Waals surface area (Å²) >= 11 is 0. The predicted octanol–water partition coefficient (Wildman–Crippen LogP) is 2.83. The molecule has 1 aliphatic rings. The summed E-state index contributed by atoms with van der Waals surface area (Å²) in [7, 11) is 0. The molecule has 0 spiro atoms. The quantitative estimate of drug-likeness (QED) is 0.556. The molecule has 0 radical (unpaired) electrons. The second-order valence-electron chi connectivity index (χ2n) is 6.90. The molecular formula is C19H20N6O2. The number of rotatable bonds is 3. The topological polar surface area (TPSA) is 79.4 Å². The van der Waals surface area contributed by atoms with Crippen LogP contribution in [-0.4, -0.2) is 43.0 Å². The fourth-order valence-electron chi connectivity index (χ4n) is 3.48. The lowest BCUT2D eigenvalue weighted by Crippen LogP contribution is -2.15. The molecule has 4 aromatic rings. The first-order valence-electron chi connectivity index (χ1n) is 9.14. The average Bonchev–Trinajstić information content (AvgIpc) is 3.30. The molecule has 8 heteroatoms. The summed E-state index contributed by atoms with van der Waals surface area (Å²) in [5.41, 5.74) is 5.21. The Morgan fingerprint density at radius 3 is 2.81 bits per heavy atom. The highest BCUT2D eigenvalue weighted by atomic mass is 16.7.